The van der Waals surface area contributed by atoms with Crippen molar-refractivity contribution in [1.82, 2.24) is 20.1 Å². The topological polar surface area (TPSA) is 96.5 Å². The van der Waals surface area contributed by atoms with Gasteiger partial charge in [-0.05, 0) is 53.9 Å². The van der Waals surface area contributed by atoms with Crippen molar-refractivity contribution in [3.8, 4) is 0 Å². The Bertz CT molecular complexity index is 1710. The first-order valence-electron chi connectivity index (χ1n) is 14.8. The molecule has 0 saturated carbocycles. The molecule has 1 saturated heterocycles. The van der Waals surface area contributed by atoms with E-state index in [9.17, 15) is 13.2 Å². The van der Waals surface area contributed by atoms with Crippen LogP contribution >= 0.6 is 0 Å². The van der Waals surface area contributed by atoms with Gasteiger partial charge in [0.15, 0.2) is 5.69 Å². The van der Waals surface area contributed by atoms with Gasteiger partial charge in [-0.2, -0.15) is 13.8 Å². The van der Waals surface area contributed by atoms with Crippen LogP contribution in [0.5, 0.6) is 0 Å². The molecule has 4 aromatic carbocycles. The second-order valence-electron chi connectivity index (χ2n) is 11.8. The predicted octanol–water partition coefficient (Wildman–Crippen LogP) is 4.15. The van der Waals surface area contributed by atoms with E-state index in [1.165, 1.54) is 6.26 Å². The van der Waals surface area contributed by atoms with E-state index >= 15 is 0 Å². The molecule has 0 aromatic heterocycles. The van der Waals surface area contributed by atoms with Crippen molar-refractivity contribution in [2.24, 2.45) is 0 Å². The molecule has 43 heavy (non-hydrogen) atoms. The van der Waals surface area contributed by atoms with E-state index in [0.717, 1.165) is 53.4 Å². The Morgan fingerprint density at radius 3 is 2.37 bits per heavy atom. The first-order valence-corrected chi connectivity index (χ1v) is 16.7. The van der Waals surface area contributed by atoms with Gasteiger partial charge < -0.3 is 10.1 Å². The molecule has 2 heterocycles. The molecule has 9 heteroatoms. The van der Waals surface area contributed by atoms with Gasteiger partial charge in [-0.15, -0.1) is 0 Å². The number of rotatable bonds is 10. The lowest BCUT2D eigenvalue weighted by Gasteiger charge is -2.36. The lowest BCUT2D eigenvalue weighted by molar-refractivity contribution is -0.127. The maximum atomic E-state index is 14.2. The van der Waals surface area contributed by atoms with Gasteiger partial charge in [0.25, 0.3) is 5.91 Å². The number of ether oxygens (including phenoxy) is 1. The Labute approximate surface area is 253 Å². The number of hydrogen-bond donors (Lipinski definition) is 3. The molecular weight excluding hydrogens is 560 g/mol. The van der Waals surface area contributed by atoms with Crippen LogP contribution in [0.1, 0.15) is 29.5 Å². The van der Waals surface area contributed by atoms with E-state index in [4.69, 9.17) is 4.74 Å². The van der Waals surface area contributed by atoms with E-state index in [0.29, 0.717) is 18.8 Å². The van der Waals surface area contributed by atoms with E-state index in [1.54, 1.807) is 0 Å². The summed E-state index contributed by atoms with van der Waals surface area (Å²) in [5, 5.41) is 9.03. The number of carbonyl (C=O) groups is 1. The van der Waals surface area contributed by atoms with Crippen molar-refractivity contribution >= 4 is 32.4 Å². The highest BCUT2D eigenvalue weighted by molar-refractivity contribution is 7.90. The maximum Gasteiger partial charge on any atom is 0.321 e. The van der Waals surface area contributed by atoms with Crippen molar-refractivity contribution in [3.05, 3.63) is 114 Å². The fourth-order valence-electron chi connectivity index (χ4n) is 6.59. The monoisotopic (exact) mass is 599 g/mol. The van der Waals surface area contributed by atoms with Gasteiger partial charge in [0, 0.05) is 18.2 Å². The first kappa shape index (κ1) is 29.5. The Kier molecular flexibility index (Phi) is 8.35. The average Bonchev–Trinajstić information content (AvgIpc) is 3.29. The fraction of sp³-hybridized carbons (Fsp3) is 0.324. The molecule has 1 amide bonds. The van der Waals surface area contributed by atoms with Crippen LogP contribution in [0.3, 0.4) is 0 Å². The summed E-state index contributed by atoms with van der Waals surface area (Å²) in [4.78, 5) is 14.2. The number of quaternary nitrogens is 1. The first-order chi connectivity index (χ1) is 20.8. The summed E-state index contributed by atoms with van der Waals surface area (Å²) >= 11 is 0. The molecule has 0 bridgehead atoms. The maximum absolute atomic E-state index is 14.2. The van der Waals surface area contributed by atoms with Crippen molar-refractivity contribution in [2.45, 2.75) is 37.5 Å². The number of sulfonamides is 1. The highest BCUT2D eigenvalue weighted by atomic mass is 32.2. The number of benzene rings is 4. The zero-order chi connectivity index (χ0) is 29.9. The van der Waals surface area contributed by atoms with Gasteiger partial charge in [0.05, 0.1) is 24.9 Å². The molecule has 6 rings (SSSR count). The minimum Gasteiger partial charge on any atom is -0.375 e. The Morgan fingerprint density at radius 2 is 1.60 bits per heavy atom. The number of nitrogens with one attached hydrogen (secondary N) is 3. The number of nitrogens with zero attached hydrogens (tertiary/aromatic N) is 1. The highest BCUT2D eigenvalue weighted by Crippen LogP contribution is 2.50. The van der Waals surface area contributed by atoms with E-state index in [-0.39, 0.29) is 18.6 Å². The second kappa shape index (κ2) is 12.2. The predicted molar refractivity (Wildman–Crippen MR) is 171 cm³/mol. The molecule has 3 N–H and O–H groups in total. The van der Waals surface area contributed by atoms with Crippen LogP contribution < -0.4 is 20.1 Å². The van der Waals surface area contributed by atoms with Gasteiger partial charge in [0.1, 0.15) is 12.6 Å². The largest absolute Gasteiger partial charge is 0.375 e. The van der Waals surface area contributed by atoms with Crippen LogP contribution in [0.4, 0.5) is 5.69 Å². The highest BCUT2D eigenvalue weighted by Gasteiger charge is 2.60. The van der Waals surface area contributed by atoms with E-state index < -0.39 is 26.0 Å². The lowest BCUT2D eigenvalue weighted by atomic mass is 9.75. The molecule has 2 unspecified atom stereocenters. The Hall–Kier alpha value is -3.60. The molecule has 0 aliphatic carbocycles. The van der Waals surface area contributed by atoms with Gasteiger partial charge in [-0.1, -0.05) is 88.9 Å². The molecular formula is C34H39N4O4S+. The summed E-state index contributed by atoms with van der Waals surface area (Å²) in [6.45, 7) is 2.70. The second-order valence-corrected chi connectivity index (χ2v) is 13.9. The molecule has 4 aromatic rings. The molecule has 2 aliphatic heterocycles. The van der Waals surface area contributed by atoms with Crippen LogP contribution in [0.25, 0.3) is 10.8 Å². The number of amides is 1. The minimum absolute atomic E-state index is 0.0782. The number of hydrogen-bond acceptors (Lipinski definition) is 6. The van der Waals surface area contributed by atoms with Gasteiger partial charge in [0.2, 0.25) is 0 Å². The van der Waals surface area contributed by atoms with Crippen LogP contribution in [0.2, 0.25) is 0 Å². The Balaban J connectivity index is 1.28. The quantitative estimate of drug-likeness (QED) is 0.237. The minimum atomic E-state index is -3.82. The number of fused-ring (bicyclic) bond motifs is 3. The summed E-state index contributed by atoms with van der Waals surface area (Å²) in [6.07, 6.45) is 2.83. The third-order valence-electron chi connectivity index (χ3n) is 8.89. The smallest absolute Gasteiger partial charge is 0.321 e. The Morgan fingerprint density at radius 1 is 0.907 bits per heavy atom. The molecule has 1 fully saturated rings. The SMILES string of the molecule is CS(=O)(=O)[N+]1(NC(=O)C(COCc2ccccc2)NCc2ccc3ccccc3c2)CC2(CCNCC2)c2ccccc21. The molecule has 1 spiro atoms. The van der Waals surface area contributed by atoms with Crippen LogP contribution in [-0.2, 0) is 38.1 Å². The summed E-state index contributed by atoms with van der Waals surface area (Å²) in [5.41, 5.74) is 6.33. The van der Waals surface area contributed by atoms with Crippen molar-refractivity contribution in [3.63, 3.8) is 0 Å². The number of carbonyl (C=O) groups excluding carboxylic acids is 1. The summed E-state index contributed by atoms with van der Waals surface area (Å²) in [6, 6.07) is 31.0. The third kappa shape index (κ3) is 5.96. The molecule has 224 valence electrons. The average molecular weight is 600 g/mol. The van der Waals surface area contributed by atoms with Gasteiger partial charge >= 0.3 is 10.0 Å². The summed E-state index contributed by atoms with van der Waals surface area (Å²) in [7, 11) is -3.82. The lowest BCUT2D eigenvalue weighted by Crippen LogP contribution is -2.68. The van der Waals surface area contributed by atoms with Crippen molar-refractivity contribution < 1.29 is 17.9 Å². The van der Waals surface area contributed by atoms with E-state index in [2.05, 4.69) is 40.3 Å². The van der Waals surface area contributed by atoms with Crippen molar-refractivity contribution in [1.29, 1.82) is 0 Å². The van der Waals surface area contributed by atoms with Crippen molar-refractivity contribution in [2.75, 3.05) is 32.5 Å². The number of para-hydroxylation sites is 1. The standard InChI is InChI=1S/C34H38N4O4S/c1-43(40,41)38(25-34(17-19-35-20-18-34)30-13-7-8-14-32(30)38)37-33(39)31(24-42-23-26-9-3-2-4-10-26)36-22-27-15-16-28-11-5-6-12-29(28)21-27/h2-16,21,31,35-36H,17-20,22-25H2,1H3/p+1. The van der Waals surface area contributed by atoms with Crippen LogP contribution in [0.15, 0.2) is 97.1 Å². The third-order valence-corrected chi connectivity index (χ3v) is 10.4. The number of piperidine rings is 1. The molecule has 0 radical (unpaired) electrons. The van der Waals surface area contributed by atoms with E-state index in [1.807, 2.05) is 72.8 Å². The summed E-state index contributed by atoms with van der Waals surface area (Å²) < 4.78 is 32.8. The zero-order valence-corrected chi connectivity index (χ0v) is 25.3. The molecule has 8 nitrogen and oxygen atoms in total. The zero-order valence-electron chi connectivity index (χ0n) is 24.5. The van der Waals surface area contributed by atoms with Gasteiger partial charge in [-0.25, -0.2) is 0 Å². The van der Waals surface area contributed by atoms with Crippen LogP contribution in [0, 0.1) is 0 Å². The normalized spacial score (nSPS) is 20.1. The summed E-state index contributed by atoms with van der Waals surface area (Å²) in [5.74, 6) is -0.417. The molecule has 2 aliphatic rings. The fourth-order valence-corrected chi connectivity index (χ4v) is 7.84. The van der Waals surface area contributed by atoms with Crippen LogP contribution in [-0.4, -0.2) is 52.9 Å². The molecule has 2 atom stereocenters. The van der Waals surface area contributed by atoms with Gasteiger partial charge in [-0.3, -0.25) is 10.1 Å².